The summed E-state index contributed by atoms with van der Waals surface area (Å²) in [7, 11) is 0. The third-order valence-corrected chi connectivity index (χ3v) is 3.84. The SMILES string of the molecule is CC(C)n1c(-c2cncnc2)cc2cc(Cl)c(C(=O)O)cc21. The molecule has 0 fully saturated rings. The molecule has 0 bridgehead atoms. The van der Waals surface area contributed by atoms with E-state index in [0.717, 1.165) is 22.2 Å². The van der Waals surface area contributed by atoms with E-state index in [0.29, 0.717) is 0 Å². The maximum absolute atomic E-state index is 11.3. The van der Waals surface area contributed by atoms with Crippen LogP contribution in [0, 0.1) is 0 Å². The molecule has 1 aromatic carbocycles. The Hall–Kier alpha value is -2.40. The van der Waals surface area contributed by atoms with E-state index in [-0.39, 0.29) is 16.6 Å². The van der Waals surface area contributed by atoms with Crippen molar-refractivity contribution < 1.29 is 9.90 Å². The monoisotopic (exact) mass is 315 g/mol. The fraction of sp³-hybridized carbons (Fsp3) is 0.188. The van der Waals surface area contributed by atoms with Gasteiger partial charge in [-0.25, -0.2) is 14.8 Å². The Bertz CT molecular complexity index is 857. The highest BCUT2D eigenvalue weighted by atomic mass is 35.5. The Balaban J connectivity index is 2.35. The summed E-state index contributed by atoms with van der Waals surface area (Å²) in [5.74, 6) is -1.03. The quantitative estimate of drug-likeness (QED) is 0.792. The van der Waals surface area contributed by atoms with E-state index < -0.39 is 5.97 Å². The van der Waals surface area contributed by atoms with Gasteiger partial charge in [0.15, 0.2) is 0 Å². The molecule has 3 rings (SSSR count). The average Bonchev–Trinajstić information content (AvgIpc) is 2.85. The summed E-state index contributed by atoms with van der Waals surface area (Å²) in [6.45, 7) is 4.09. The number of benzene rings is 1. The Morgan fingerprint density at radius 1 is 1.23 bits per heavy atom. The zero-order chi connectivity index (χ0) is 15.9. The number of hydrogen-bond acceptors (Lipinski definition) is 3. The summed E-state index contributed by atoms with van der Waals surface area (Å²) in [6, 6.07) is 5.43. The number of carboxylic acids is 1. The number of halogens is 1. The van der Waals surface area contributed by atoms with E-state index in [1.165, 1.54) is 6.33 Å². The molecule has 22 heavy (non-hydrogen) atoms. The topological polar surface area (TPSA) is 68.0 Å². The van der Waals surface area contributed by atoms with Crippen LogP contribution in [-0.2, 0) is 0 Å². The Morgan fingerprint density at radius 3 is 2.50 bits per heavy atom. The van der Waals surface area contributed by atoms with Crippen molar-refractivity contribution in [2.24, 2.45) is 0 Å². The molecular formula is C16H14ClN3O2. The molecule has 0 radical (unpaired) electrons. The molecule has 0 aliphatic carbocycles. The molecule has 0 spiro atoms. The third kappa shape index (κ3) is 2.33. The second-order valence-electron chi connectivity index (χ2n) is 5.32. The normalized spacial score (nSPS) is 11.3. The molecule has 0 unspecified atom stereocenters. The van der Waals surface area contributed by atoms with Crippen LogP contribution in [-0.4, -0.2) is 25.6 Å². The van der Waals surface area contributed by atoms with E-state index in [1.54, 1.807) is 24.5 Å². The predicted octanol–water partition coefficient (Wildman–Crippen LogP) is 4.03. The zero-order valence-electron chi connectivity index (χ0n) is 12.1. The van der Waals surface area contributed by atoms with E-state index >= 15 is 0 Å². The number of aromatic carboxylic acids is 1. The highest BCUT2D eigenvalue weighted by Gasteiger charge is 2.17. The van der Waals surface area contributed by atoms with Crippen LogP contribution in [0.2, 0.25) is 5.02 Å². The van der Waals surface area contributed by atoms with Gasteiger partial charge in [-0.15, -0.1) is 0 Å². The van der Waals surface area contributed by atoms with Crippen molar-refractivity contribution in [2.75, 3.05) is 0 Å². The van der Waals surface area contributed by atoms with E-state index in [2.05, 4.69) is 14.5 Å². The van der Waals surface area contributed by atoms with Gasteiger partial charge in [-0.05, 0) is 32.0 Å². The molecule has 3 aromatic rings. The third-order valence-electron chi connectivity index (χ3n) is 3.53. The first-order chi connectivity index (χ1) is 10.5. The number of carbonyl (C=O) groups is 1. The number of rotatable bonds is 3. The molecule has 0 atom stereocenters. The summed E-state index contributed by atoms with van der Waals surface area (Å²) in [5, 5.41) is 10.4. The average molecular weight is 316 g/mol. The molecule has 2 heterocycles. The molecule has 0 amide bonds. The van der Waals surface area contributed by atoms with E-state index in [4.69, 9.17) is 11.6 Å². The number of nitrogens with zero attached hydrogens (tertiary/aromatic N) is 3. The molecule has 0 aliphatic rings. The smallest absolute Gasteiger partial charge is 0.337 e. The van der Waals surface area contributed by atoms with Gasteiger partial charge >= 0.3 is 5.97 Å². The molecule has 112 valence electrons. The van der Waals surface area contributed by atoms with E-state index in [1.807, 2.05) is 19.9 Å². The predicted molar refractivity (Wildman–Crippen MR) is 85.3 cm³/mol. The molecule has 6 heteroatoms. The summed E-state index contributed by atoms with van der Waals surface area (Å²) < 4.78 is 2.07. The van der Waals surface area contributed by atoms with Crippen LogP contribution in [0.1, 0.15) is 30.2 Å². The number of hydrogen-bond donors (Lipinski definition) is 1. The minimum Gasteiger partial charge on any atom is -0.478 e. The van der Waals surface area contributed by atoms with Crippen LogP contribution >= 0.6 is 11.6 Å². The second-order valence-corrected chi connectivity index (χ2v) is 5.72. The van der Waals surface area contributed by atoms with Crippen molar-refractivity contribution in [3.8, 4) is 11.3 Å². The molecule has 0 saturated carbocycles. The first kappa shape index (κ1) is 14.5. The first-order valence-corrected chi connectivity index (χ1v) is 7.20. The fourth-order valence-electron chi connectivity index (χ4n) is 2.62. The molecule has 0 aliphatic heterocycles. The molecule has 2 aromatic heterocycles. The number of fused-ring (bicyclic) bond motifs is 1. The van der Waals surface area contributed by atoms with Crippen LogP contribution in [0.5, 0.6) is 0 Å². The minimum absolute atomic E-state index is 0.102. The van der Waals surface area contributed by atoms with Gasteiger partial charge in [0.1, 0.15) is 6.33 Å². The van der Waals surface area contributed by atoms with Crippen molar-refractivity contribution in [1.82, 2.24) is 14.5 Å². The summed E-state index contributed by atoms with van der Waals surface area (Å²) in [6.07, 6.45) is 4.95. The summed E-state index contributed by atoms with van der Waals surface area (Å²) >= 11 is 6.07. The van der Waals surface area contributed by atoms with Gasteiger partial charge in [-0.3, -0.25) is 0 Å². The molecule has 0 saturated heterocycles. The molecule has 1 N–H and O–H groups in total. The number of aromatic nitrogens is 3. The lowest BCUT2D eigenvalue weighted by Crippen LogP contribution is -2.04. The van der Waals surface area contributed by atoms with Gasteiger partial charge < -0.3 is 9.67 Å². The Morgan fingerprint density at radius 2 is 1.91 bits per heavy atom. The van der Waals surface area contributed by atoms with Crippen LogP contribution in [0.25, 0.3) is 22.2 Å². The molecular weight excluding hydrogens is 302 g/mol. The lowest BCUT2D eigenvalue weighted by molar-refractivity contribution is 0.0697. The van der Waals surface area contributed by atoms with E-state index in [9.17, 15) is 9.90 Å². The van der Waals surface area contributed by atoms with Crippen molar-refractivity contribution in [3.05, 3.63) is 47.5 Å². The van der Waals surface area contributed by atoms with Crippen LogP contribution in [0.3, 0.4) is 0 Å². The van der Waals surface area contributed by atoms with Crippen molar-refractivity contribution in [3.63, 3.8) is 0 Å². The first-order valence-electron chi connectivity index (χ1n) is 6.82. The number of carboxylic acid groups (broad SMARTS) is 1. The highest BCUT2D eigenvalue weighted by Crippen LogP contribution is 2.33. The lowest BCUT2D eigenvalue weighted by atomic mass is 10.1. The summed E-state index contributed by atoms with van der Waals surface area (Å²) in [5.41, 5.74) is 2.74. The van der Waals surface area contributed by atoms with Crippen molar-refractivity contribution in [1.29, 1.82) is 0 Å². The van der Waals surface area contributed by atoms with Crippen molar-refractivity contribution >= 4 is 28.5 Å². The van der Waals surface area contributed by atoms with Gasteiger partial charge in [0, 0.05) is 34.9 Å². The minimum atomic E-state index is -1.03. The van der Waals surface area contributed by atoms with Crippen LogP contribution < -0.4 is 0 Å². The van der Waals surface area contributed by atoms with Gasteiger partial charge in [0.25, 0.3) is 0 Å². The maximum Gasteiger partial charge on any atom is 0.337 e. The van der Waals surface area contributed by atoms with Gasteiger partial charge in [-0.2, -0.15) is 0 Å². The maximum atomic E-state index is 11.3. The van der Waals surface area contributed by atoms with Gasteiger partial charge in [0.2, 0.25) is 0 Å². The second kappa shape index (κ2) is 5.42. The van der Waals surface area contributed by atoms with Crippen LogP contribution in [0.15, 0.2) is 36.9 Å². The lowest BCUT2D eigenvalue weighted by Gasteiger charge is -2.15. The van der Waals surface area contributed by atoms with Gasteiger partial charge in [-0.1, -0.05) is 11.6 Å². The highest BCUT2D eigenvalue weighted by molar-refractivity contribution is 6.34. The zero-order valence-corrected chi connectivity index (χ0v) is 12.9. The summed E-state index contributed by atoms with van der Waals surface area (Å²) in [4.78, 5) is 19.4. The largest absolute Gasteiger partial charge is 0.478 e. The van der Waals surface area contributed by atoms with Gasteiger partial charge in [0.05, 0.1) is 16.3 Å². The standard InChI is InChI=1S/C16H14ClN3O2/c1-9(2)20-14(11-6-18-8-19-7-11)4-10-3-13(17)12(16(21)22)5-15(10)20/h3-9H,1-2H3,(H,21,22). The van der Waals surface area contributed by atoms with Crippen molar-refractivity contribution in [2.45, 2.75) is 19.9 Å². The fourth-order valence-corrected chi connectivity index (χ4v) is 2.88. The van der Waals surface area contributed by atoms with Crippen LogP contribution in [0.4, 0.5) is 0 Å². The Kier molecular flexibility index (Phi) is 3.58. The Labute approximate surface area is 132 Å². The molecule has 5 nitrogen and oxygen atoms in total.